The van der Waals surface area contributed by atoms with Gasteiger partial charge in [0.05, 0.1) is 10.7 Å². The highest BCUT2D eigenvalue weighted by Crippen LogP contribution is 2.23. The summed E-state index contributed by atoms with van der Waals surface area (Å²) in [4.78, 5) is 0. The third-order valence-electron chi connectivity index (χ3n) is 1.64. The molecule has 1 aromatic heterocycles. The molecule has 1 aromatic carbocycles. The van der Waals surface area contributed by atoms with Crippen molar-refractivity contribution in [2.75, 3.05) is 0 Å². The first-order valence-electron chi connectivity index (χ1n) is 3.77. The van der Waals surface area contributed by atoms with Gasteiger partial charge in [0.15, 0.2) is 0 Å². The molecule has 4 heteroatoms. The molecule has 0 fully saturated rings. The molecule has 0 bridgehead atoms. The summed E-state index contributed by atoms with van der Waals surface area (Å²) in [5, 5.41) is 11.2. The fourth-order valence-electron chi connectivity index (χ4n) is 1.05. The van der Waals surface area contributed by atoms with Gasteiger partial charge in [-0.05, 0) is 21.1 Å². The topological polar surface area (TPSA) is 38.7 Å². The monoisotopic (exact) mass is 235 g/mol. The van der Waals surface area contributed by atoms with Crippen LogP contribution in [-0.2, 0) is 0 Å². The summed E-state index contributed by atoms with van der Waals surface area (Å²) in [6, 6.07) is 9.85. The lowest BCUT2D eigenvalue weighted by Gasteiger charge is -1.99. The molecule has 0 amide bonds. The second kappa shape index (κ2) is 3.62. The van der Waals surface area contributed by atoms with Crippen LogP contribution in [0.2, 0.25) is 0 Å². The zero-order valence-electron chi connectivity index (χ0n) is 6.68. The minimum Gasteiger partial charge on any atom is -0.138 e. The molecule has 64 valence electrons. The first kappa shape index (κ1) is 8.31. The van der Waals surface area contributed by atoms with E-state index in [-0.39, 0.29) is 0 Å². The number of halogens is 1. The molecule has 0 aliphatic heterocycles. The summed E-state index contributed by atoms with van der Waals surface area (Å²) in [5.74, 6) is 0. The summed E-state index contributed by atoms with van der Waals surface area (Å²) >= 11 is 3.37. The van der Waals surface area contributed by atoms with Gasteiger partial charge in [0.2, 0.25) is 0 Å². The second-order valence-electron chi connectivity index (χ2n) is 2.50. The molecular formula is C9H6BrN3. The standard InChI is InChI=1S/C9H6BrN3/c10-8-6-11-13-12-9(8)7-4-2-1-3-5-7/h1-6H. The zero-order chi connectivity index (χ0) is 9.10. The molecule has 0 atom stereocenters. The van der Waals surface area contributed by atoms with Crippen molar-refractivity contribution in [2.45, 2.75) is 0 Å². The van der Waals surface area contributed by atoms with Gasteiger partial charge in [-0.2, -0.15) is 0 Å². The molecular weight excluding hydrogens is 230 g/mol. The smallest absolute Gasteiger partial charge is 0.110 e. The second-order valence-corrected chi connectivity index (χ2v) is 3.35. The Balaban J connectivity index is 2.54. The van der Waals surface area contributed by atoms with Crippen LogP contribution in [0.5, 0.6) is 0 Å². The molecule has 2 aromatic rings. The van der Waals surface area contributed by atoms with Gasteiger partial charge in [-0.25, -0.2) is 0 Å². The van der Waals surface area contributed by atoms with Crippen LogP contribution in [0.15, 0.2) is 41.0 Å². The molecule has 0 unspecified atom stereocenters. The lowest BCUT2D eigenvalue weighted by molar-refractivity contribution is 0.864. The van der Waals surface area contributed by atoms with Crippen molar-refractivity contribution >= 4 is 15.9 Å². The molecule has 0 N–H and O–H groups in total. The van der Waals surface area contributed by atoms with E-state index in [9.17, 15) is 0 Å². The normalized spacial score (nSPS) is 9.92. The molecule has 0 saturated heterocycles. The third-order valence-corrected chi connectivity index (χ3v) is 2.22. The number of hydrogen-bond donors (Lipinski definition) is 0. The van der Waals surface area contributed by atoms with Crippen molar-refractivity contribution in [1.29, 1.82) is 0 Å². The third kappa shape index (κ3) is 1.72. The molecule has 1 heterocycles. The highest BCUT2D eigenvalue weighted by molar-refractivity contribution is 9.10. The van der Waals surface area contributed by atoms with Crippen LogP contribution in [0.3, 0.4) is 0 Å². The Bertz CT molecular complexity index is 403. The summed E-state index contributed by atoms with van der Waals surface area (Å²) in [6.45, 7) is 0. The van der Waals surface area contributed by atoms with Gasteiger partial charge in [-0.1, -0.05) is 30.3 Å². The minimum absolute atomic E-state index is 0.815. The van der Waals surface area contributed by atoms with Crippen molar-refractivity contribution in [3.05, 3.63) is 41.0 Å². The zero-order valence-corrected chi connectivity index (χ0v) is 8.27. The average Bonchev–Trinajstić information content (AvgIpc) is 2.20. The van der Waals surface area contributed by atoms with E-state index >= 15 is 0 Å². The maximum atomic E-state index is 3.94. The molecule has 0 aliphatic carbocycles. The van der Waals surface area contributed by atoms with Crippen molar-refractivity contribution in [2.24, 2.45) is 0 Å². The molecule has 3 nitrogen and oxygen atoms in total. The van der Waals surface area contributed by atoms with E-state index in [2.05, 4.69) is 31.3 Å². The van der Waals surface area contributed by atoms with Crippen molar-refractivity contribution in [3.8, 4) is 11.3 Å². The van der Waals surface area contributed by atoms with Gasteiger partial charge >= 0.3 is 0 Å². The van der Waals surface area contributed by atoms with Crippen molar-refractivity contribution in [3.63, 3.8) is 0 Å². The summed E-state index contributed by atoms with van der Waals surface area (Å²) < 4.78 is 0.855. The largest absolute Gasteiger partial charge is 0.138 e. The van der Waals surface area contributed by atoms with Crippen LogP contribution in [0, 0.1) is 0 Å². The highest BCUT2D eigenvalue weighted by atomic mass is 79.9. The first-order valence-corrected chi connectivity index (χ1v) is 4.56. The minimum atomic E-state index is 0.815. The Morgan fingerprint density at radius 2 is 1.85 bits per heavy atom. The van der Waals surface area contributed by atoms with Crippen LogP contribution < -0.4 is 0 Å². The molecule has 0 saturated carbocycles. The quantitative estimate of drug-likeness (QED) is 0.762. The molecule has 0 aliphatic rings. The van der Waals surface area contributed by atoms with Crippen molar-refractivity contribution in [1.82, 2.24) is 15.4 Å². The fourth-order valence-corrected chi connectivity index (χ4v) is 1.45. The van der Waals surface area contributed by atoms with Gasteiger partial charge < -0.3 is 0 Å². The maximum absolute atomic E-state index is 3.94. The number of nitrogens with zero attached hydrogens (tertiary/aromatic N) is 3. The summed E-state index contributed by atoms with van der Waals surface area (Å²) in [5.41, 5.74) is 1.85. The Labute approximate surface area is 84.0 Å². The van der Waals surface area contributed by atoms with Crippen LogP contribution in [-0.4, -0.2) is 15.4 Å². The summed E-state index contributed by atoms with van der Waals surface area (Å²) in [7, 11) is 0. The highest BCUT2D eigenvalue weighted by Gasteiger charge is 2.03. The van der Waals surface area contributed by atoms with Crippen molar-refractivity contribution < 1.29 is 0 Å². The Hall–Kier alpha value is -1.29. The lowest BCUT2D eigenvalue weighted by Crippen LogP contribution is -1.90. The average molecular weight is 236 g/mol. The van der Waals surface area contributed by atoms with Crippen LogP contribution in [0.1, 0.15) is 0 Å². The Morgan fingerprint density at radius 3 is 2.54 bits per heavy atom. The van der Waals surface area contributed by atoms with Gasteiger partial charge in [-0.3, -0.25) is 0 Å². The summed E-state index contributed by atoms with van der Waals surface area (Å²) in [6.07, 6.45) is 1.63. The van der Waals surface area contributed by atoms with Crippen LogP contribution >= 0.6 is 15.9 Å². The van der Waals surface area contributed by atoms with Gasteiger partial charge in [0.1, 0.15) is 5.69 Å². The number of benzene rings is 1. The maximum Gasteiger partial charge on any atom is 0.110 e. The van der Waals surface area contributed by atoms with Crippen LogP contribution in [0.4, 0.5) is 0 Å². The Morgan fingerprint density at radius 1 is 1.08 bits per heavy atom. The fraction of sp³-hybridized carbons (Fsp3) is 0. The SMILES string of the molecule is Brc1cnnnc1-c1ccccc1. The van der Waals surface area contributed by atoms with Gasteiger partial charge in [0.25, 0.3) is 0 Å². The van der Waals surface area contributed by atoms with Gasteiger partial charge in [0, 0.05) is 5.56 Å². The molecule has 13 heavy (non-hydrogen) atoms. The number of rotatable bonds is 1. The van der Waals surface area contributed by atoms with E-state index in [0.717, 1.165) is 15.7 Å². The number of aromatic nitrogens is 3. The predicted octanol–water partition coefficient (Wildman–Crippen LogP) is 2.30. The predicted molar refractivity (Wildman–Crippen MR) is 53.0 cm³/mol. The molecule has 0 spiro atoms. The molecule has 0 radical (unpaired) electrons. The number of hydrogen-bond acceptors (Lipinski definition) is 3. The lowest BCUT2D eigenvalue weighted by atomic mass is 10.1. The van der Waals surface area contributed by atoms with E-state index in [0.29, 0.717) is 0 Å². The van der Waals surface area contributed by atoms with E-state index in [4.69, 9.17) is 0 Å². The van der Waals surface area contributed by atoms with E-state index in [1.165, 1.54) is 0 Å². The van der Waals surface area contributed by atoms with E-state index in [1.807, 2.05) is 30.3 Å². The van der Waals surface area contributed by atoms with E-state index < -0.39 is 0 Å². The van der Waals surface area contributed by atoms with E-state index in [1.54, 1.807) is 6.20 Å². The Kier molecular flexibility index (Phi) is 2.31. The van der Waals surface area contributed by atoms with Crippen LogP contribution in [0.25, 0.3) is 11.3 Å². The first-order chi connectivity index (χ1) is 6.38. The molecule has 2 rings (SSSR count). The van der Waals surface area contributed by atoms with Gasteiger partial charge in [-0.15, -0.1) is 10.2 Å².